The highest BCUT2D eigenvalue weighted by molar-refractivity contribution is 5.96. The van der Waals surface area contributed by atoms with Crippen molar-refractivity contribution in [1.29, 1.82) is 0 Å². The quantitative estimate of drug-likeness (QED) is 0.589. The summed E-state index contributed by atoms with van der Waals surface area (Å²) in [5, 5.41) is 0. The molecule has 1 aliphatic rings. The largest absolute Gasteiger partial charge is 0.466 e. The zero-order valence-corrected chi connectivity index (χ0v) is 14.0. The minimum atomic E-state index is -0.539. The maximum absolute atomic E-state index is 11.9. The first-order valence-corrected chi connectivity index (χ1v) is 7.28. The van der Waals surface area contributed by atoms with Gasteiger partial charge in [0.05, 0.1) is 19.8 Å². The van der Waals surface area contributed by atoms with E-state index >= 15 is 0 Å². The SMILES string of the molecule is COC(=O)/C=C(/CN1C(C)(C)CCCC1(C)C)C(=O)OC. The molecular formula is C16H27NO4. The van der Waals surface area contributed by atoms with E-state index in [2.05, 4.69) is 37.3 Å². The summed E-state index contributed by atoms with van der Waals surface area (Å²) in [4.78, 5) is 25.7. The zero-order chi connectivity index (χ0) is 16.3. The molecule has 0 radical (unpaired) electrons. The van der Waals surface area contributed by atoms with Crippen molar-refractivity contribution < 1.29 is 19.1 Å². The van der Waals surface area contributed by atoms with Crippen LogP contribution in [0, 0.1) is 0 Å². The Morgan fingerprint density at radius 2 is 1.57 bits per heavy atom. The first-order chi connectivity index (χ1) is 9.64. The zero-order valence-electron chi connectivity index (χ0n) is 14.0. The van der Waals surface area contributed by atoms with E-state index in [4.69, 9.17) is 4.74 Å². The molecule has 0 atom stereocenters. The van der Waals surface area contributed by atoms with Crippen molar-refractivity contribution in [2.75, 3.05) is 20.8 Å². The van der Waals surface area contributed by atoms with E-state index in [9.17, 15) is 9.59 Å². The third kappa shape index (κ3) is 4.30. The third-order valence-corrected chi connectivity index (χ3v) is 4.31. The minimum Gasteiger partial charge on any atom is -0.466 e. The van der Waals surface area contributed by atoms with Crippen molar-refractivity contribution in [2.24, 2.45) is 0 Å². The van der Waals surface area contributed by atoms with Crippen LogP contribution in [-0.2, 0) is 19.1 Å². The number of carbonyl (C=O) groups excluding carboxylic acids is 2. The summed E-state index contributed by atoms with van der Waals surface area (Å²) < 4.78 is 9.42. The number of esters is 2. The summed E-state index contributed by atoms with van der Waals surface area (Å²) in [7, 11) is 2.61. The Hall–Kier alpha value is -1.36. The number of nitrogens with zero attached hydrogens (tertiary/aromatic N) is 1. The smallest absolute Gasteiger partial charge is 0.335 e. The molecule has 0 spiro atoms. The van der Waals surface area contributed by atoms with E-state index < -0.39 is 11.9 Å². The van der Waals surface area contributed by atoms with Gasteiger partial charge in [0.1, 0.15) is 0 Å². The lowest BCUT2D eigenvalue weighted by molar-refractivity contribution is -0.139. The lowest BCUT2D eigenvalue weighted by atomic mass is 9.79. The highest BCUT2D eigenvalue weighted by atomic mass is 16.5. The van der Waals surface area contributed by atoms with Gasteiger partial charge in [0, 0.05) is 23.7 Å². The van der Waals surface area contributed by atoms with Crippen molar-refractivity contribution in [2.45, 2.75) is 58.0 Å². The highest BCUT2D eigenvalue weighted by Crippen LogP contribution is 2.38. The number of methoxy groups -OCH3 is 2. The van der Waals surface area contributed by atoms with Gasteiger partial charge >= 0.3 is 11.9 Å². The van der Waals surface area contributed by atoms with Crippen molar-refractivity contribution in [1.82, 2.24) is 4.90 Å². The molecule has 0 amide bonds. The fourth-order valence-electron chi connectivity index (χ4n) is 3.14. The highest BCUT2D eigenvalue weighted by Gasteiger charge is 2.42. The lowest BCUT2D eigenvalue weighted by Gasteiger charge is -2.53. The Bertz CT molecular complexity index is 422. The van der Waals surface area contributed by atoms with Crippen LogP contribution in [0.2, 0.25) is 0 Å². The normalized spacial score (nSPS) is 21.7. The van der Waals surface area contributed by atoms with Gasteiger partial charge in [0.25, 0.3) is 0 Å². The average Bonchev–Trinajstić information content (AvgIpc) is 2.39. The molecule has 1 saturated heterocycles. The van der Waals surface area contributed by atoms with E-state index in [0.717, 1.165) is 19.3 Å². The first kappa shape index (κ1) is 17.7. The number of likely N-dealkylation sites (tertiary alicyclic amines) is 1. The Labute approximate surface area is 127 Å². The standard InChI is InChI=1S/C16H27NO4/c1-15(2)8-7-9-16(3,4)17(15)11-12(14(19)21-6)10-13(18)20-5/h10H,7-9,11H2,1-6H3/b12-10-. The van der Waals surface area contributed by atoms with Crippen LogP contribution in [0.3, 0.4) is 0 Å². The van der Waals surface area contributed by atoms with Crippen molar-refractivity contribution in [3.63, 3.8) is 0 Å². The van der Waals surface area contributed by atoms with Crippen LogP contribution in [0.5, 0.6) is 0 Å². The summed E-state index contributed by atoms with van der Waals surface area (Å²) >= 11 is 0. The Balaban J connectivity index is 3.08. The number of hydrogen-bond donors (Lipinski definition) is 0. The topological polar surface area (TPSA) is 55.8 Å². The van der Waals surface area contributed by atoms with Gasteiger partial charge in [-0.25, -0.2) is 9.59 Å². The Morgan fingerprint density at radius 3 is 2.00 bits per heavy atom. The average molecular weight is 297 g/mol. The van der Waals surface area contributed by atoms with Crippen molar-refractivity contribution >= 4 is 11.9 Å². The molecule has 0 N–H and O–H groups in total. The van der Waals surface area contributed by atoms with Gasteiger partial charge in [-0.2, -0.15) is 0 Å². The van der Waals surface area contributed by atoms with Crippen LogP contribution in [0.1, 0.15) is 47.0 Å². The fraction of sp³-hybridized carbons (Fsp3) is 0.750. The number of hydrogen-bond acceptors (Lipinski definition) is 5. The van der Waals surface area contributed by atoms with Gasteiger partial charge in [-0.05, 0) is 47.0 Å². The summed E-state index contributed by atoms with van der Waals surface area (Å²) in [6, 6.07) is 0. The number of rotatable bonds is 4. The van der Waals surface area contributed by atoms with E-state index in [1.54, 1.807) is 0 Å². The Kier molecular flexibility index (Phi) is 5.56. The number of piperidine rings is 1. The summed E-state index contributed by atoms with van der Waals surface area (Å²) in [6.45, 7) is 9.05. The summed E-state index contributed by atoms with van der Waals surface area (Å²) in [5.74, 6) is -1.03. The second kappa shape index (κ2) is 6.60. The molecule has 120 valence electrons. The van der Waals surface area contributed by atoms with E-state index in [-0.39, 0.29) is 11.1 Å². The van der Waals surface area contributed by atoms with Gasteiger partial charge in [-0.15, -0.1) is 0 Å². The molecule has 1 rings (SSSR count). The third-order valence-electron chi connectivity index (χ3n) is 4.31. The maximum atomic E-state index is 11.9. The molecule has 1 fully saturated rings. The fourth-order valence-corrected chi connectivity index (χ4v) is 3.14. The molecule has 0 aromatic carbocycles. The molecule has 5 heteroatoms. The predicted octanol–water partition coefficient (Wildman–Crippen LogP) is 2.30. The first-order valence-electron chi connectivity index (χ1n) is 7.28. The van der Waals surface area contributed by atoms with E-state index in [1.807, 2.05) is 0 Å². The molecule has 0 bridgehead atoms. The Morgan fingerprint density at radius 1 is 1.05 bits per heavy atom. The summed E-state index contributed by atoms with van der Waals surface area (Å²) in [6.07, 6.45) is 4.50. The van der Waals surface area contributed by atoms with E-state index in [1.165, 1.54) is 20.3 Å². The molecular weight excluding hydrogens is 270 g/mol. The molecule has 0 saturated carbocycles. The van der Waals surface area contributed by atoms with Gasteiger partial charge in [-0.1, -0.05) is 0 Å². The minimum absolute atomic E-state index is 0.0367. The molecule has 1 heterocycles. The van der Waals surface area contributed by atoms with Gasteiger partial charge in [0.15, 0.2) is 0 Å². The van der Waals surface area contributed by atoms with Gasteiger partial charge in [0.2, 0.25) is 0 Å². The van der Waals surface area contributed by atoms with Crippen LogP contribution < -0.4 is 0 Å². The molecule has 0 aromatic heterocycles. The molecule has 0 aliphatic carbocycles. The van der Waals surface area contributed by atoms with Crippen LogP contribution in [-0.4, -0.2) is 48.7 Å². The van der Waals surface area contributed by atoms with Crippen LogP contribution in [0.15, 0.2) is 11.6 Å². The van der Waals surface area contributed by atoms with Crippen LogP contribution in [0.25, 0.3) is 0 Å². The van der Waals surface area contributed by atoms with Gasteiger partial charge < -0.3 is 9.47 Å². The molecule has 0 unspecified atom stereocenters. The molecule has 5 nitrogen and oxygen atoms in total. The number of carbonyl (C=O) groups is 2. The lowest BCUT2D eigenvalue weighted by Crippen LogP contribution is -2.59. The second-order valence-electron chi connectivity index (χ2n) is 6.75. The molecule has 21 heavy (non-hydrogen) atoms. The predicted molar refractivity (Wildman–Crippen MR) is 80.8 cm³/mol. The number of ether oxygens (including phenoxy) is 2. The van der Waals surface area contributed by atoms with Crippen molar-refractivity contribution in [3.8, 4) is 0 Å². The molecule has 1 aliphatic heterocycles. The van der Waals surface area contributed by atoms with Crippen molar-refractivity contribution in [3.05, 3.63) is 11.6 Å². The monoisotopic (exact) mass is 297 g/mol. The van der Waals surface area contributed by atoms with Gasteiger partial charge in [-0.3, -0.25) is 4.90 Å². The van der Waals surface area contributed by atoms with Crippen LogP contribution in [0.4, 0.5) is 0 Å². The summed E-state index contributed by atoms with van der Waals surface area (Å²) in [5.41, 5.74) is 0.253. The van der Waals surface area contributed by atoms with E-state index in [0.29, 0.717) is 12.1 Å². The van der Waals surface area contributed by atoms with Crippen LogP contribution >= 0.6 is 0 Å². The maximum Gasteiger partial charge on any atom is 0.335 e. The molecule has 0 aromatic rings. The second-order valence-corrected chi connectivity index (χ2v) is 6.75.